The van der Waals surface area contributed by atoms with E-state index in [0.717, 1.165) is 23.8 Å². The van der Waals surface area contributed by atoms with Crippen LogP contribution in [0.1, 0.15) is 30.4 Å². The van der Waals surface area contributed by atoms with Crippen molar-refractivity contribution in [2.75, 3.05) is 0 Å². The van der Waals surface area contributed by atoms with Gasteiger partial charge in [0.2, 0.25) is 5.88 Å². The van der Waals surface area contributed by atoms with Crippen LogP contribution in [0.2, 0.25) is 0 Å². The second-order valence-electron chi connectivity index (χ2n) is 6.06. The maximum Gasteiger partial charge on any atom is 0.261 e. The number of hydrogen-bond donors (Lipinski definition) is 1. The molecule has 1 N–H and O–H groups in total. The molecule has 2 aliphatic rings. The van der Waals surface area contributed by atoms with Crippen molar-refractivity contribution in [3.05, 3.63) is 50.0 Å². The van der Waals surface area contributed by atoms with Crippen molar-refractivity contribution >= 4 is 15.9 Å². The molecule has 2 aliphatic carbocycles. The summed E-state index contributed by atoms with van der Waals surface area (Å²) >= 11 is 3.29. The Morgan fingerprint density at radius 1 is 1.22 bits per heavy atom. The minimum absolute atomic E-state index is 0.0244. The number of pyridine rings is 1. The molecule has 0 amide bonds. The summed E-state index contributed by atoms with van der Waals surface area (Å²) in [5.41, 5.74) is 0.940. The summed E-state index contributed by atoms with van der Waals surface area (Å²) in [4.78, 5) is 12.6. The van der Waals surface area contributed by atoms with Crippen molar-refractivity contribution in [2.24, 2.45) is 0 Å². The fraction of sp³-hybridized carbons (Fsp3) is 0.353. The van der Waals surface area contributed by atoms with E-state index >= 15 is 0 Å². The van der Waals surface area contributed by atoms with Crippen LogP contribution < -0.4 is 10.3 Å². The molecule has 4 nitrogen and oxygen atoms in total. The lowest BCUT2D eigenvalue weighted by Gasteiger charge is -2.19. The molecule has 1 fully saturated rings. The molecule has 6 heteroatoms. The molecule has 2 aromatic rings. The number of aromatic nitrogens is 1. The average Bonchev–Trinajstić information content (AvgIpc) is 3.34. The Morgan fingerprint density at radius 3 is 2.70 bits per heavy atom. The van der Waals surface area contributed by atoms with E-state index in [1.165, 1.54) is 12.1 Å². The fourth-order valence-corrected chi connectivity index (χ4v) is 3.33. The Hall–Kier alpha value is -1.82. The highest BCUT2D eigenvalue weighted by molar-refractivity contribution is 9.10. The van der Waals surface area contributed by atoms with Gasteiger partial charge in [-0.05, 0) is 60.2 Å². The smallest absolute Gasteiger partial charge is 0.261 e. The zero-order valence-electron chi connectivity index (χ0n) is 12.3. The summed E-state index contributed by atoms with van der Waals surface area (Å²) < 4.78 is 21.8. The van der Waals surface area contributed by atoms with Crippen LogP contribution in [0, 0.1) is 5.82 Å². The van der Waals surface area contributed by atoms with Gasteiger partial charge in [-0.3, -0.25) is 4.79 Å². The van der Waals surface area contributed by atoms with Crippen molar-refractivity contribution in [3.8, 4) is 17.3 Å². The van der Waals surface area contributed by atoms with Crippen molar-refractivity contribution < 1.29 is 14.2 Å². The molecule has 23 heavy (non-hydrogen) atoms. The first kappa shape index (κ1) is 14.8. The maximum atomic E-state index is 14.5. The Balaban J connectivity index is 1.91. The molecule has 120 valence electrons. The third kappa shape index (κ3) is 2.55. The minimum atomic E-state index is -0.582. The first-order valence-electron chi connectivity index (χ1n) is 7.67. The van der Waals surface area contributed by atoms with Gasteiger partial charge in [-0.25, -0.2) is 8.96 Å². The number of rotatable bonds is 3. The number of ether oxygens (including phenoxy) is 1. The Bertz CT molecular complexity index is 858. The summed E-state index contributed by atoms with van der Waals surface area (Å²) in [7, 11) is 0. The van der Waals surface area contributed by atoms with Gasteiger partial charge in [0.15, 0.2) is 0 Å². The standard InChI is InChI=1S/C17H15BrFNO3/c18-12-7-13(19)14(8-15(12)23-11-4-5-11)20-16(21)9-2-1-3-10(6-9)17(20)22/h6-8,11,21H,1-5H2. The zero-order chi connectivity index (χ0) is 16.1. The normalized spacial score (nSPS) is 16.4. The maximum absolute atomic E-state index is 14.5. The van der Waals surface area contributed by atoms with Gasteiger partial charge in [0.05, 0.1) is 16.3 Å². The van der Waals surface area contributed by atoms with E-state index in [-0.39, 0.29) is 23.2 Å². The molecule has 1 aromatic carbocycles. The topological polar surface area (TPSA) is 51.5 Å². The predicted octanol–water partition coefficient (Wildman–Crippen LogP) is 3.47. The largest absolute Gasteiger partial charge is 0.494 e. The van der Waals surface area contributed by atoms with Crippen molar-refractivity contribution in [1.82, 2.24) is 4.57 Å². The number of halogens is 2. The van der Waals surface area contributed by atoms with Crippen LogP contribution in [-0.2, 0) is 12.8 Å². The highest BCUT2D eigenvalue weighted by atomic mass is 79.9. The van der Waals surface area contributed by atoms with E-state index in [1.807, 2.05) is 0 Å². The average molecular weight is 380 g/mol. The molecule has 0 unspecified atom stereocenters. The number of hydrogen-bond acceptors (Lipinski definition) is 3. The van der Waals surface area contributed by atoms with E-state index in [0.29, 0.717) is 34.2 Å². The molecule has 1 heterocycles. The molecule has 4 rings (SSSR count). The quantitative estimate of drug-likeness (QED) is 0.887. The molecule has 2 bridgehead atoms. The lowest BCUT2D eigenvalue weighted by molar-refractivity contribution is 0.300. The first-order chi connectivity index (χ1) is 11.0. The molecule has 1 saturated carbocycles. The molecule has 0 radical (unpaired) electrons. The Kier molecular flexibility index (Phi) is 3.44. The summed E-state index contributed by atoms with van der Waals surface area (Å²) in [6.07, 6.45) is 4.26. The van der Waals surface area contributed by atoms with E-state index in [9.17, 15) is 14.3 Å². The van der Waals surface area contributed by atoms with Gasteiger partial charge in [-0.2, -0.15) is 0 Å². The SMILES string of the molecule is O=c1c2cc(c(O)n1-c1cc(OC3CC3)c(Br)cc1F)CCC2. The van der Waals surface area contributed by atoms with E-state index < -0.39 is 5.82 Å². The number of fused-ring (bicyclic) bond motifs is 2. The van der Waals surface area contributed by atoms with Gasteiger partial charge in [0, 0.05) is 17.2 Å². The van der Waals surface area contributed by atoms with Gasteiger partial charge >= 0.3 is 0 Å². The number of benzene rings is 1. The molecular formula is C17H15BrFNO3. The van der Waals surface area contributed by atoms with Gasteiger partial charge in [0.25, 0.3) is 5.56 Å². The molecule has 0 aliphatic heterocycles. The summed E-state index contributed by atoms with van der Waals surface area (Å²) in [6, 6.07) is 4.47. The van der Waals surface area contributed by atoms with E-state index in [2.05, 4.69) is 15.9 Å². The Morgan fingerprint density at radius 2 is 1.96 bits per heavy atom. The van der Waals surface area contributed by atoms with Crippen molar-refractivity contribution in [3.63, 3.8) is 0 Å². The van der Waals surface area contributed by atoms with Crippen LogP contribution in [0.15, 0.2) is 27.5 Å². The minimum Gasteiger partial charge on any atom is -0.494 e. The molecule has 1 aromatic heterocycles. The van der Waals surface area contributed by atoms with Crippen LogP contribution in [0.3, 0.4) is 0 Å². The molecule has 0 spiro atoms. The zero-order valence-corrected chi connectivity index (χ0v) is 13.9. The lowest BCUT2D eigenvalue weighted by atomic mass is 9.97. The van der Waals surface area contributed by atoms with Crippen LogP contribution in [0.4, 0.5) is 4.39 Å². The molecule has 0 saturated heterocycles. The van der Waals surface area contributed by atoms with Crippen molar-refractivity contribution in [1.29, 1.82) is 0 Å². The van der Waals surface area contributed by atoms with Gasteiger partial charge in [0.1, 0.15) is 11.6 Å². The van der Waals surface area contributed by atoms with Crippen LogP contribution in [-0.4, -0.2) is 15.8 Å². The molecular weight excluding hydrogens is 365 g/mol. The third-order valence-electron chi connectivity index (χ3n) is 4.28. The number of aryl methyl sites for hydroxylation is 2. The van der Waals surface area contributed by atoms with Crippen molar-refractivity contribution in [2.45, 2.75) is 38.2 Å². The fourth-order valence-electron chi connectivity index (χ4n) is 2.92. The summed E-state index contributed by atoms with van der Waals surface area (Å²) in [6.45, 7) is 0. The highest BCUT2D eigenvalue weighted by Gasteiger charge is 2.26. The van der Waals surface area contributed by atoms with Crippen LogP contribution in [0.5, 0.6) is 11.6 Å². The lowest BCUT2D eigenvalue weighted by Crippen LogP contribution is -2.26. The Labute approximate surface area is 140 Å². The summed E-state index contributed by atoms with van der Waals surface area (Å²) in [5.74, 6) is -0.280. The summed E-state index contributed by atoms with van der Waals surface area (Å²) in [5, 5.41) is 10.4. The van der Waals surface area contributed by atoms with Gasteiger partial charge in [-0.1, -0.05) is 0 Å². The van der Waals surface area contributed by atoms with Gasteiger partial charge < -0.3 is 9.84 Å². The number of nitrogens with zero attached hydrogens (tertiary/aromatic N) is 1. The second kappa shape index (κ2) is 5.37. The monoisotopic (exact) mass is 379 g/mol. The predicted molar refractivity (Wildman–Crippen MR) is 87.0 cm³/mol. The van der Waals surface area contributed by atoms with E-state index in [4.69, 9.17) is 4.74 Å². The van der Waals surface area contributed by atoms with Crippen LogP contribution >= 0.6 is 15.9 Å². The first-order valence-corrected chi connectivity index (χ1v) is 8.46. The van der Waals surface area contributed by atoms with E-state index in [1.54, 1.807) is 6.07 Å². The highest BCUT2D eigenvalue weighted by Crippen LogP contribution is 2.36. The van der Waals surface area contributed by atoms with Crippen LogP contribution in [0.25, 0.3) is 5.69 Å². The van der Waals surface area contributed by atoms with Gasteiger partial charge in [-0.15, -0.1) is 0 Å². The number of aromatic hydroxyl groups is 1. The molecule has 0 atom stereocenters. The third-order valence-corrected chi connectivity index (χ3v) is 4.90. The second-order valence-corrected chi connectivity index (χ2v) is 6.92.